The topological polar surface area (TPSA) is 66.5 Å². The van der Waals surface area contributed by atoms with Crippen LogP contribution in [0.15, 0.2) is 24.3 Å². The Morgan fingerprint density at radius 2 is 1.87 bits per heavy atom. The molecule has 0 aliphatic carbocycles. The number of alkyl halides is 2. The van der Waals surface area contributed by atoms with E-state index in [4.69, 9.17) is 10.8 Å². The van der Waals surface area contributed by atoms with E-state index < -0.39 is 18.6 Å². The molecule has 1 rings (SSSR count). The molecule has 1 aromatic carbocycles. The first kappa shape index (κ1) is 14.1. The van der Waals surface area contributed by atoms with E-state index in [-0.39, 0.29) is 23.7 Å². The number of halogens is 3. The molecule has 0 bridgehead atoms. The third kappa shape index (κ3) is 3.02. The number of rotatable bonds is 3. The summed E-state index contributed by atoms with van der Waals surface area (Å²) in [6.07, 6.45) is 0. The molecule has 0 aliphatic heterocycles. The van der Waals surface area contributed by atoms with Crippen molar-refractivity contribution >= 4 is 12.4 Å². The van der Waals surface area contributed by atoms with Crippen molar-refractivity contribution in [2.45, 2.75) is 12.0 Å². The molecule has 1 atom stereocenters. The van der Waals surface area contributed by atoms with Crippen molar-refractivity contribution in [1.29, 1.82) is 0 Å². The van der Waals surface area contributed by atoms with Crippen LogP contribution in [0.5, 0.6) is 5.75 Å². The fraction of sp³-hybridized carbons (Fsp3) is 0.333. The van der Waals surface area contributed by atoms with E-state index >= 15 is 0 Å². The molecular formula is C9H12ClF2NO2. The van der Waals surface area contributed by atoms with Crippen molar-refractivity contribution in [2.75, 3.05) is 6.61 Å². The summed E-state index contributed by atoms with van der Waals surface area (Å²) in [5.41, 5.74) is 5.14. The monoisotopic (exact) mass is 239 g/mol. The SMILES string of the molecule is Cl.N[C@H](c1ccccc1O)C(F)(F)CO. The van der Waals surface area contributed by atoms with Gasteiger partial charge in [0.2, 0.25) is 0 Å². The van der Waals surface area contributed by atoms with Gasteiger partial charge in [-0.1, -0.05) is 18.2 Å². The predicted molar refractivity (Wildman–Crippen MR) is 54.3 cm³/mol. The van der Waals surface area contributed by atoms with Crippen LogP contribution in [0.25, 0.3) is 0 Å². The molecule has 0 spiro atoms. The second-order valence-corrected chi connectivity index (χ2v) is 2.96. The Morgan fingerprint density at radius 1 is 1.33 bits per heavy atom. The maximum Gasteiger partial charge on any atom is 0.289 e. The molecule has 0 amide bonds. The van der Waals surface area contributed by atoms with Gasteiger partial charge in [-0.15, -0.1) is 12.4 Å². The summed E-state index contributed by atoms with van der Waals surface area (Å²) in [6.45, 7) is -1.34. The Labute approximate surface area is 91.9 Å². The largest absolute Gasteiger partial charge is 0.508 e. The number of phenols is 1. The standard InChI is InChI=1S/C9H11F2NO2.ClH/c10-9(11,5-13)8(12)6-3-1-2-4-7(6)14;/h1-4,8,13-14H,5,12H2;1H/t8-;/m1./s1. The zero-order valence-corrected chi connectivity index (χ0v) is 8.55. The third-order valence-corrected chi connectivity index (χ3v) is 1.94. The van der Waals surface area contributed by atoms with Gasteiger partial charge in [-0.3, -0.25) is 0 Å². The number of hydrogen-bond donors (Lipinski definition) is 3. The second kappa shape index (κ2) is 5.25. The molecule has 0 aromatic heterocycles. The lowest BCUT2D eigenvalue weighted by Gasteiger charge is -2.22. The Bertz CT molecular complexity index is 323. The third-order valence-electron chi connectivity index (χ3n) is 1.94. The van der Waals surface area contributed by atoms with E-state index in [1.54, 1.807) is 0 Å². The molecule has 0 aliphatic rings. The van der Waals surface area contributed by atoms with Crippen molar-refractivity contribution < 1.29 is 19.0 Å². The number of hydrogen-bond acceptors (Lipinski definition) is 3. The molecule has 0 fully saturated rings. The first-order chi connectivity index (χ1) is 6.49. The maximum absolute atomic E-state index is 12.9. The molecule has 3 nitrogen and oxygen atoms in total. The van der Waals surface area contributed by atoms with Gasteiger partial charge in [0.15, 0.2) is 0 Å². The number of aliphatic hydroxyl groups excluding tert-OH is 1. The molecule has 0 saturated heterocycles. The lowest BCUT2D eigenvalue weighted by molar-refractivity contribution is -0.0715. The fourth-order valence-corrected chi connectivity index (χ4v) is 1.08. The minimum absolute atomic E-state index is 0. The smallest absolute Gasteiger partial charge is 0.289 e. The minimum Gasteiger partial charge on any atom is -0.508 e. The Balaban J connectivity index is 0.00000196. The molecule has 0 radical (unpaired) electrons. The van der Waals surface area contributed by atoms with Gasteiger partial charge < -0.3 is 15.9 Å². The van der Waals surface area contributed by atoms with Gasteiger partial charge in [-0.05, 0) is 6.07 Å². The Hall–Kier alpha value is -0.910. The van der Waals surface area contributed by atoms with Crippen LogP contribution in [0, 0.1) is 0 Å². The zero-order valence-electron chi connectivity index (χ0n) is 7.73. The summed E-state index contributed by atoms with van der Waals surface area (Å²) in [5.74, 6) is -3.73. The van der Waals surface area contributed by atoms with E-state index in [9.17, 15) is 13.9 Å². The molecule has 86 valence electrons. The van der Waals surface area contributed by atoms with Crippen molar-refractivity contribution in [3.05, 3.63) is 29.8 Å². The van der Waals surface area contributed by atoms with Crippen molar-refractivity contribution in [1.82, 2.24) is 0 Å². The van der Waals surface area contributed by atoms with Gasteiger partial charge in [-0.2, -0.15) is 0 Å². The molecule has 6 heteroatoms. The first-order valence-electron chi connectivity index (χ1n) is 4.01. The van der Waals surface area contributed by atoms with E-state index in [2.05, 4.69) is 0 Å². The summed E-state index contributed by atoms with van der Waals surface area (Å²) < 4.78 is 25.9. The van der Waals surface area contributed by atoms with Crippen LogP contribution in [0.2, 0.25) is 0 Å². The van der Waals surface area contributed by atoms with E-state index in [0.29, 0.717) is 0 Å². The average Bonchev–Trinajstić information content (AvgIpc) is 2.17. The van der Waals surface area contributed by atoms with Crippen molar-refractivity contribution in [3.8, 4) is 5.75 Å². The number of para-hydroxylation sites is 1. The van der Waals surface area contributed by atoms with Crippen LogP contribution in [0.1, 0.15) is 11.6 Å². The molecule has 1 aromatic rings. The van der Waals surface area contributed by atoms with Gasteiger partial charge in [0.1, 0.15) is 18.4 Å². The van der Waals surface area contributed by atoms with Gasteiger partial charge in [-0.25, -0.2) is 8.78 Å². The molecular weight excluding hydrogens is 228 g/mol. The van der Waals surface area contributed by atoms with E-state index in [0.717, 1.165) is 0 Å². The highest BCUT2D eigenvalue weighted by molar-refractivity contribution is 5.85. The Morgan fingerprint density at radius 3 is 2.33 bits per heavy atom. The summed E-state index contributed by atoms with van der Waals surface area (Å²) in [4.78, 5) is 0. The van der Waals surface area contributed by atoms with Crippen LogP contribution in [0.4, 0.5) is 8.78 Å². The second-order valence-electron chi connectivity index (χ2n) is 2.96. The number of nitrogens with two attached hydrogens (primary N) is 1. The minimum atomic E-state index is -3.43. The molecule has 15 heavy (non-hydrogen) atoms. The molecule has 0 heterocycles. The van der Waals surface area contributed by atoms with Crippen LogP contribution >= 0.6 is 12.4 Å². The number of aromatic hydroxyl groups is 1. The molecule has 0 unspecified atom stereocenters. The maximum atomic E-state index is 12.9. The predicted octanol–water partition coefficient (Wildman–Crippen LogP) is 1.44. The van der Waals surface area contributed by atoms with Gasteiger partial charge in [0, 0.05) is 5.56 Å². The lowest BCUT2D eigenvalue weighted by Crippen LogP contribution is -2.36. The van der Waals surface area contributed by atoms with Crippen LogP contribution in [0.3, 0.4) is 0 Å². The van der Waals surface area contributed by atoms with Crippen LogP contribution in [-0.2, 0) is 0 Å². The molecule has 0 saturated carbocycles. The highest BCUT2D eigenvalue weighted by atomic mass is 35.5. The first-order valence-corrected chi connectivity index (χ1v) is 4.01. The van der Waals surface area contributed by atoms with Crippen molar-refractivity contribution in [3.63, 3.8) is 0 Å². The highest BCUT2D eigenvalue weighted by Crippen LogP contribution is 2.33. The highest BCUT2D eigenvalue weighted by Gasteiger charge is 2.38. The summed E-state index contributed by atoms with van der Waals surface area (Å²) >= 11 is 0. The fourth-order valence-electron chi connectivity index (χ4n) is 1.08. The summed E-state index contributed by atoms with van der Waals surface area (Å²) in [7, 11) is 0. The normalized spacial score (nSPS) is 13.1. The van der Waals surface area contributed by atoms with Gasteiger partial charge in [0.05, 0.1) is 0 Å². The van der Waals surface area contributed by atoms with E-state index in [1.165, 1.54) is 24.3 Å². The molecule has 4 N–H and O–H groups in total. The Kier molecular flexibility index (Phi) is 4.93. The zero-order chi connectivity index (χ0) is 10.8. The van der Waals surface area contributed by atoms with Gasteiger partial charge >= 0.3 is 0 Å². The lowest BCUT2D eigenvalue weighted by atomic mass is 10.0. The van der Waals surface area contributed by atoms with Gasteiger partial charge in [0.25, 0.3) is 5.92 Å². The summed E-state index contributed by atoms with van der Waals surface area (Å²) in [6, 6.07) is 3.85. The number of phenolic OH excluding ortho intramolecular Hbond substituents is 1. The van der Waals surface area contributed by atoms with Crippen molar-refractivity contribution in [2.24, 2.45) is 5.73 Å². The quantitative estimate of drug-likeness (QED) is 0.748. The summed E-state index contributed by atoms with van der Waals surface area (Å²) in [5, 5.41) is 17.6. The van der Waals surface area contributed by atoms with Crippen LogP contribution in [-0.4, -0.2) is 22.7 Å². The van der Waals surface area contributed by atoms with E-state index in [1.807, 2.05) is 0 Å². The number of aliphatic hydroxyl groups is 1. The number of benzene rings is 1. The average molecular weight is 240 g/mol. The van der Waals surface area contributed by atoms with Crippen LogP contribution < -0.4 is 5.73 Å².